The number of carbonyl (C=O) groups excluding carboxylic acids is 1. The molecule has 1 atom stereocenters. The molecule has 0 unspecified atom stereocenters. The number of carboxylic acid groups (broad SMARTS) is 1. The third-order valence-electron chi connectivity index (χ3n) is 4.27. The van der Waals surface area contributed by atoms with Gasteiger partial charge in [-0.1, -0.05) is 66.7 Å². The summed E-state index contributed by atoms with van der Waals surface area (Å²) in [7, 11) is 0. The minimum Gasteiger partial charge on any atom is -0.478 e. The van der Waals surface area contributed by atoms with Crippen LogP contribution in [-0.4, -0.2) is 17.0 Å². The van der Waals surface area contributed by atoms with Crippen LogP contribution in [0.15, 0.2) is 78.9 Å². The Balaban J connectivity index is 1.95. The van der Waals surface area contributed by atoms with E-state index in [0.29, 0.717) is 16.7 Å². The molecule has 130 valence electrons. The van der Waals surface area contributed by atoms with Crippen molar-refractivity contribution in [1.82, 2.24) is 5.32 Å². The van der Waals surface area contributed by atoms with Gasteiger partial charge in [0.2, 0.25) is 0 Å². The first-order valence-corrected chi connectivity index (χ1v) is 8.35. The van der Waals surface area contributed by atoms with Crippen LogP contribution in [-0.2, 0) is 0 Å². The van der Waals surface area contributed by atoms with Gasteiger partial charge in [0, 0.05) is 5.56 Å². The lowest BCUT2D eigenvalue weighted by Crippen LogP contribution is -2.27. The van der Waals surface area contributed by atoms with Crippen LogP contribution in [0, 0.1) is 0 Å². The second-order valence-electron chi connectivity index (χ2n) is 6.00. The molecule has 3 aromatic rings. The van der Waals surface area contributed by atoms with Gasteiger partial charge in [-0.05, 0) is 35.7 Å². The molecule has 1 amide bonds. The first kappa shape index (κ1) is 17.4. The Morgan fingerprint density at radius 3 is 1.88 bits per heavy atom. The third-order valence-corrected chi connectivity index (χ3v) is 4.27. The van der Waals surface area contributed by atoms with Crippen molar-refractivity contribution in [3.63, 3.8) is 0 Å². The standard InChI is InChI=1S/C22H19NO3/c1-15(16-9-3-2-4-10-16)23-21(24)19-13-7-5-11-17(19)18-12-6-8-14-20(18)22(25)26/h2-15H,1H3,(H,23,24)(H,25,26)/t15-/m0/s1. The van der Waals surface area contributed by atoms with Crippen LogP contribution in [0.5, 0.6) is 0 Å². The SMILES string of the molecule is C[C@H](NC(=O)c1ccccc1-c1ccccc1C(=O)O)c1ccccc1. The van der Waals surface area contributed by atoms with E-state index in [2.05, 4.69) is 5.32 Å². The number of hydrogen-bond donors (Lipinski definition) is 2. The van der Waals surface area contributed by atoms with Crippen molar-refractivity contribution < 1.29 is 14.7 Å². The van der Waals surface area contributed by atoms with Gasteiger partial charge in [0.1, 0.15) is 0 Å². The monoisotopic (exact) mass is 345 g/mol. The van der Waals surface area contributed by atoms with Gasteiger partial charge in [0.05, 0.1) is 11.6 Å². The van der Waals surface area contributed by atoms with Crippen molar-refractivity contribution in [2.24, 2.45) is 0 Å². The fourth-order valence-electron chi connectivity index (χ4n) is 2.92. The summed E-state index contributed by atoms with van der Waals surface area (Å²) < 4.78 is 0. The largest absolute Gasteiger partial charge is 0.478 e. The molecule has 0 bridgehead atoms. The minimum absolute atomic E-state index is 0.161. The molecule has 26 heavy (non-hydrogen) atoms. The van der Waals surface area contributed by atoms with Crippen LogP contribution in [0.4, 0.5) is 0 Å². The Morgan fingerprint density at radius 1 is 0.769 bits per heavy atom. The molecule has 4 nitrogen and oxygen atoms in total. The lowest BCUT2D eigenvalue weighted by Gasteiger charge is -2.17. The van der Waals surface area contributed by atoms with Crippen molar-refractivity contribution >= 4 is 11.9 Å². The van der Waals surface area contributed by atoms with Gasteiger partial charge in [0.15, 0.2) is 0 Å². The zero-order chi connectivity index (χ0) is 18.5. The van der Waals surface area contributed by atoms with Crippen molar-refractivity contribution in [2.75, 3.05) is 0 Å². The van der Waals surface area contributed by atoms with Gasteiger partial charge in [0.25, 0.3) is 5.91 Å². The highest BCUT2D eigenvalue weighted by Crippen LogP contribution is 2.27. The quantitative estimate of drug-likeness (QED) is 0.713. The molecule has 0 aromatic heterocycles. The molecular formula is C22H19NO3. The Morgan fingerprint density at radius 2 is 1.27 bits per heavy atom. The smallest absolute Gasteiger partial charge is 0.336 e. The summed E-state index contributed by atoms with van der Waals surface area (Å²) in [5.74, 6) is -1.26. The van der Waals surface area contributed by atoms with Crippen LogP contribution in [0.1, 0.15) is 39.2 Å². The van der Waals surface area contributed by atoms with E-state index in [-0.39, 0.29) is 17.5 Å². The van der Waals surface area contributed by atoms with Crippen LogP contribution >= 0.6 is 0 Å². The molecule has 0 spiro atoms. The molecule has 3 rings (SSSR count). The maximum Gasteiger partial charge on any atom is 0.336 e. The number of nitrogens with one attached hydrogen (secondary N) is 1. The summed E-state index contributed by atoms with van der Waals surface area (Å²) in [5.41, 5.74) is 2.75. The zero-order valence-corrected chi connectivity index (χ0v) is 14.3. The Hall–Kier alpha value is -3.40. The highest BCUT2D eigenvalue weighted by atomic mass is 16.4. The number of aromatic carboxylic acids is 1. The van der Waals surface area contributed by atoms with Crippen LogP contribution < -0.4 is 5.32 Å². The Bertz CT molecular complexity index is 935. The highest BCUT2D eigenvalue weighted by molar-refractivity contribution is 6.04. The van der Waals surface area contributed by atoms with Crippen LogP contribution in [0.2, 0.25) is 0 Å². The van der Waals surface area contributed by atoms with E-state index < -0.39 is 5.97 Å². The Labute approximate surface area is 152 Å². The van der Waals surface area contributed by atoms with Gasteiger partial charge in [-0.25, -0.2) is 4.79 Å². The lowest BCUT2D eigenvalue weighted by molar-refractivity contribution is 0.0697. The molecule has 0 saturated heterocycles. The predicted octanol–water partition coefficient (Wildman–Crippen LogP) is 4.54. The van der Waals surface area contributed by atoms with E-state index in [0.717, 1.165) is 5.56 Å². The number of hydrogen-bond acceptors (Lipinski definition) is 2. The number of benzene rings is 3. The first-order valence-electron chi connectivity index (χ1n) is 8.35. The number of carbonyl (C=O) groups is 2. The van der Waals surface area contributed by atoms with Crippen LogP contribution in [0.3, 0.4) is 0 Å². The maximum absolute atomic E-state index is 12.8. The van der Waals surface area contributed by atoms with Crippen molar-refractivity contribution in [3.05, 3.63) is 95.6 Å². The predicted molar refractivity (Wildman–Crippen MR) is 101 cm³/mol. The fourth-order valence-corrected chi connectivity index (χ4v) is 2.92. The van der Waals surface area contributed by atoms with Gasteiger partial charge in [-0.2, -0.15) is 0 Å². The lowest BCUT2D eigenvalue weighted by atomic mass is 9.94. The summed E-state index contributed by atoms with van der Waals surface area (Å²) in [5, 5.41) is 12.4. The molecule has 0 saturated carbocycles. The molecule has 2 N–H and O–H groups in total. The van der Waals surface area contributed by atoms with Crippen LogP contribution in [0.25, 0.3) is 11.1 Å². The molecular weight excluding hydrogens is 326 g/mol. The van der Waals surface area contributed by atoms with Crippen molar-refractivity contribution in [1.29, 1.82) is 0 Å². The third kappa shape index (κ3) is 3.64. The summed E-state index contributed by atoms with van der Waals surface area (Å²) >= 11 is 0. The summed E-state index contributed by atoms with van der Waals surface area (Å²) in [4.78, 5) is 24.4. The van der Waals surface area contributed by atoms with Gasteiger partial charge in [-0.3, -0.25) is 4.79 Å². The summed E-state index contributed by atoms with van der Waals surface area (Å²) in [6, 6.07) is 23.3. The van der Waals surface area contributed by atoms with Crippen molar-refractivity contribution in [2.45, 2.75) is 13.0 Å². The number of carboxylic acids is 1. The molecule has 0 fully saturated rings. The average Bonchev–Trinajstić information content (AvgIpc) is 2.68. The van der Waals surface area contributed by atoms with E-state index in [9.17, 15) is 14.7 Å². The van der Waals surface area contributed by atoms with E-state index in [4.69, 9.17) is 0 Å². The van der Waals surface area contributed by atoms with E-state index in [1.165, 1.54) is 0 Å². The van der Waals surface area contributed by atoms with Gasteiger partial charge < -0.3 is 10.4 Å². The molecule has 0 heterocycles. The molecule has 0 aliphatic heterocycles. The van der Waals surface area contributed by atoms with E-state index in [1.54, 1.807) is 48.5 Å². The zero-order valence-electron chi connectivity index (χ0n) is 14.3. The second-order valence-corrected chi connectivity index (χ2v) is 6.00. The van der Waals surface area contributed by atoms with E-state index >= 15 is 0 Å². The van der Waals surface area contributed by atoms with Gasteiger partial charge in [-0.15, -0.1) is 0 Å². The Kier molecular flexibility index (Phi) is 5.13. The summed E-state index contributed by atoms with van der Waals surface area (Å²) in [6.07, 6.45) is 0. The van der Waals surface area contributed by atoms with Crippen molar-refractivity contribution in [3.8, 4) is 11.1 Å². The molecule has 3 aromatic carbocycles. The maximum atomic E-state index is 12.8. The second kappa shape index (κ2) is 7.66. The molecule has 4 heteroatoms. The minimum atomic E-state index is -1.02. The molecule has 0 radical (unpaired) electrons. The highest BCUT2D eigenvalue weighted by Gasteiger charge is 2.18. The number of rotatable bonds is 5. The molecule has 0 aliphatic rings. The van der Waals surface area contributed by atoms with Gasteiger partial charge >= 0.3 is 5.97 Å². The first-order chi connectivity index (χ1) is 12.6. The summed E-state index contributed by atoms with van der Waals surface area (Å²) in [6.45, 7) is 1.92. The average molecular weight is 345 g/mol. The normalized spacial score (nSPS) is 11.6. The molecule has 0 aliphatic carbocycles. The van der Waals surface area contributed by atoms with E-state index in [1.807, 2.05) is 37.3 Å². The topological polar surface area (TPSA) is 66.4 Å². The fraction of sp³-hybridized carbons (Fsp3) is 0.0909. The number of amides is 1.